The van der Waals surface area contributed by atoms with Gasteiger partial charge in [-0.15, -0.1) is 0 Å². The summed E-state index contributed by atoms with van der Waals surface area (Å²) in [6.45, 7) is 0.476. The number of carbonyl (C=O) groups is 2. The number of halogens is 1. The normalized spacial score (nSPS) is 18.6. The summed E-state index contributed by atoms with van der Waals surface area (Å²) < 4.78 is 31.6. The molecule has 0 saturated carbocycles. The van der Waals surface area contributed by atoms with Gasteiger partial charge in [0, 0.05) is 27.2 Å². The van der Waals surface area contributed by atoms with Crippen LogP contribution in [0, 0.1) is 5.92 Å². The fraction of sp³-hybridized carbons (Fsp3) is 0.500. The Labute approximate surface area is 158 Å². The van der Waals surface area contributed by atoms with Crippen LogP contribution in [0.15, 0.2) is 18.2 Å². The third-order valence-corrected chi connectivity index (χ3v) is 6.42. The predicted octanol–water partition coefficient (Wildman–Crippen LogP) is 1.58. The number of esters is 1. The molecule has 1 aromatic rings. The second-order valence-electron chi connectivity index (χ2n) is 6.16. The molecule has 1 atom stereocenters. The first-order valence-electron chi connectivity index (χ1n) is 8.03. The van der Waals surface area contributed by atoms with E-state index in [0.29, 0.717) is 19.4 Å². The van der Waals surface area contributed by atoms with Crippen LogP contribution in [0.25, 0.3) is 0 Å². The number of methoxy groups -OCH3 is 1. The SMILES string of the molecule is COC(=O)c1ccc(Cl)c(NC(=O)[C@@H]2CCCN(S(=O)(=O)N(C)C)C2)c1. The van der Waals surface area contributed by atoms with Crippen LogP contribution in [0.2, 0.25) is 5.02 Å². The first-order chi connectivity index (χ1) is 12.2. The van der Waals surface area contributed by atoms with Crippen LogP contribution in [0.5, 0.6) is 0 Å². The Bertz CT molecular complexity index is 797. The third kappa shape index (κ3) is 4.53. The molecule has 1 saturated heterocycles. The van der Waals surface area contributed by atoms with Gasteiger partial charge < -0.3 is 10.1 Å². The zero-order valence-corrected chi connectivity index (χ0v) is 16.4. The van der Waals surface area contributed by atoms with Crippen molar-refractivity contribution < 1.29 is 22.7 Å². The van der Waals surface area contributed by atoms with Crippen LogP contribution in [0.1, 0.15) is 23.2 Å². The average Bonchev–Trinajstić information content (AvgIpc) is 2.62. The summed E-state index contributed by atoms with van der Waals surface area (Å²) in [7, 11) is 0.602. The van der Waals surface area contributed by atoms with Crippen LogP contribution < -0.4 is 5.32 Å². The van der Waals surface area contributed by atoms with Gasteiger partial charge in [0.05, 0.1) is 29.3 Å². The van der Waals surface area contributed by atoms with Crippen molar-refractivity contribution in [2.75, 3.05) is 39.6 Å². The average molecular weight is 404 g/mol. The van der Waals surface area contributed by atoms with Crippen LogP contribution in [0.3, 0.4) is 0 Å². The van der Waals surface area contributed by atoms with E-state index in [4.69, 9.17) is 11.6 Å². The lowest BCUT2D eigenvalue weighted by Gasteiger charge is -2.32. The fourth-order valence-corrected chi connectivity index (χ4v) is 4.05. The van der Waals surface area contributed by atoms with E-state index in [1.165, 1.54) is 43.7 Å². The molecule has 0 unspecified atom stereocenters. The standard InChI is InChI=1S/C16H22ClN3O5S/c1-19(2)26(23,24)20-8-4-5-12(10-20)15(21)18-14-9-11(16(22)25-3)6-7-13(14)17/h6-7,9,12H,4-5,8,10H2,1-3H3,(H,18,21)/t12-/m1/s1. The van der Waals surface area contributed by atoms with Crippen LogP contribution in [-0.2, 0) is 19.7 Å². The molecule has 2 rings (SSSR count). The topological polar surface area (TPSA) is 96.0 Å². The van der Waals surface area contributed by atoms with Crippen LogP contribution in [0.4, 0.5) is 5.69 Å². The maximum atomic E-state index is 12.6. The molecule has 0 bridgehead atoms. The van der Waals surface area contributed by atoms with Crippen LogP contribution >= 0.6 is 11.6 Å². The van der Waals surface area contributed by atoms with Gasteiger partial charge in [0.25, 0.3) is 10.2 Å². The van der Waals surface area contributed by atoms with E-state index in [1.807, 2.05) is 0 Å². The lowest BCUT2D eigenvalue weighted by atomic mass is 9.98. The van der Waals surface area contributed by atoms with Gasteiger partial charge in [-0.3, -0.25) is 4.79 Å². The first kappa shape index (κ1) is 20.6. The minimum atomic E-state index is -3.57. The summed E-state index contributed by atoms with van der Waals surface area (Å²) in [5, 5.41) is 2.96. The molecule has 0 radical (unpaired) electrons. The molecule has 1 N–H and O–H groups in total. The van der Waals surface area contributed by atoms with Gasteiger partial charge in [-0.25, -0.2) is 4.79 Å². The molecule has 1 heterocycles. The van der Waals surface area contributed by atoms with Crippen molar-refractivity contribution >= 4 is 39.4 Å². The largest absolute Gasteiger partial charge is 0.465 e. The van der Waals surface area contributed by atoms with Crippen molar-refractivity contribution in [2.45, 2.75) is 12.8 Å². The Morgan fingerprint density at radius 2 is 2.04 bits per heavy atom. The van der Waals surface area contributed by atoms with Gasteiger partial charge >= 0.3 is 5.97 Å². The molecule has 0 spiro atoms. The van der Waals surface area contributed by atoms with Crippen molar-refractivity contribution in [3.63, 3.8) is 0 Å². The van der Waals surface area contributed by atoms with E-state index in [0.717, 1.165) is 4.31 Å². The molecule has 1 fully saturated rings. The Morgan fingerprint density at radius 3 is 2.65 bits per heavy atom. The molecular formula is C16H22ClN3O5S. The molecule has 144 valence electrons. The highest BCUT2D eigenvalue weighted by Gasteiger charge is 2.33. The second kappa shape index (κ2) is 8.34. The fourth-order valence-electron chi connectivity index (χ4n) is 2.70. The van der Waals surface area contributed by atoms with E-state index in [9.17, 15) is 18.0 Å². The molecule has 1 aliphatic heterocycles. The van der Waals surface area contributed by atoms with Gasteiger partial charge in [0.1, 0.15) is 0 Å². The Balaban J connectivity index is 2.14. The number of piperidine rings is 1. The lowest BCUT2D eigenvalue weighted by molar-refractivity contribution is -0.120. The molecule has 10 heteroatoms. The maximum Gasteiger partial charge on any atom is 0.337 e. The van der Waals surface area contributed by atoms with Crippen LogP contribution in [-0.4, -0.2) is 63.2 Å². The van der Waals surface area contributed by atoms with Crippen molar-refractivity contribution in [3.05, 3.63) is 28.8 Å². The number of nitrogens with zero attached hydrogens (tertiary/aromatic N) is 2. The van der Waals surface area contributed by atoms with Crippen molar-refractivity contribution in [2.24, 2.45) is 5.92 Å². The highest BCUT2D eigenvalue weighted by Crippen LogP contribution is 2.26. The second-order valence-corrected chi connectivity index (χ2v) is 8.71. The third-order valence-electron chi connectivity index (χ3n) is 4.19. The Hall–Kier alpha value is -1.68. The van der Waals surface area contributed by atoms with Crippen molar-refractivity contribution in [1.29, 1.82) is 0 Å². The minimum Gasteiger partial charge on any atom is -0.465 e. The molecule has 1 aliphatic rings. The van der Waals surface area contributed by atoms with E-state index in [2.05, 4.69) is 10.1 Å². The van der Waals surface area contributed by atoms with Gasteiger partial charge in [0.2, 0.25) is 5.91 Å². The Kier molecular flexibility index (Phi) is 6.62. The van der Waals surface area contributed by atoms with E-state index in [-0.39, 0.29) is 28.7 Å². The Morgan fingerprint density at radius 1 is 1.35 bits per heavy atom. The number of ether oxygens (including phenoxy) is 1. The van der Waals surface area contributed by atoms with E-state index < -0.39 is 22.1 Å². The minimum absolute atomic E-state index is 0.0979. The molecular weight excluding hydrogens is 382 g/mol. The number of anilines is 1. The van der Waals surface area contributed by atoms with E-state index in [1.54, 1.807) is 0 Å². The summed E-state index contributed by atoms with van der Waals surface area (Å²) >= 11 is 6.09. The first-order valence-corrected chi connectivity index (χ1v) is 9.80. The summed E-state index contributed by atoms with van der Waals surface area (Å²) in [5.74, 6) is -1.39. The highest BCUT2D eigenvalue weighted by atomic mass is 35.5. The van der Waals surface area contributed by atoms with Gasteiger partial charge in [-0.05, 0) is 31.0 Å². The predicted molar refractivity (Wildman–Crippen MR) is 98.3 cm³/mol. The van der Waals surface area contributed by atoms with Gasteiger partial charge in [-0.2, -0.15) is 17.0 Å². The zero-order chi connectivity index (χ0) is 19.5. The molecule has 1 amide bonds. The van der Waals surface area contributed by atoms with E-state index >= 15 is 0 Å². The molecule has 1 aromatic carbocycles. The number of rotatable bonds is 5. The molecule has 0 aliphatic carbocycles. The van der Waals surface area contributed by atoms with Crippen molar-refractivity contribution in [3.8, 4) is 0 Å². The van der Waals surface area contributed by atoms with Crippen molar-refractivity contribution in [1.82, 2.24) is 8.61 Å². The quantitative estimate of drug-likeness (QED) is 0.753. The number of benzene rings is 1. The maximum absolute atomic E-state index is 12.6. The molecule has 26 heavy (non-hydrogen) atoms. The summed E-state index contributed by atoms with van der Waals surface area (Å²) in [6.07, 6.45) is 1.15. The summed E-state index contributed by atoms with van der Waals surface area (Å²) in [5.41, 5.74) is 0.541. The number of hydrogen-bond donors (Lipinski definition) is 1. The smallest absolute Gasteiger partial charge is 0.337 e. The lowest BCUT2D eigenvalue weighted by Crippen LogP contribution is -2.47. The summed E-state index contributed by atoms with van der Waals surface area (Å²) in [6, 6.07) is 4.42. The van der Waals surface area contributed by atoms with Gasteiger partial charge in [0.15, 0.2) is 0 Å². The highest BCUT2D eigenvalue weighted by molar-refractivity contribution is 7.86. The number of carbonyl (C=O) groups excluding carboxylic acids is 2. The monoisotopic (exact) mass is 403 g/mol. The number of hydrogen-bond acceptors (Lipinski definition) is 5. The summed E-state index contributed by atoms with van der Waals surface area (Å²) in [4.78, 5) is 24.2. The molecule has 0 aromatic heterocycles. The molecule has 8 nitrogen and oxygen atoms in total. The zero-order valence-electron chi connectivity index (χ0n) is 14.9. The number of nitrogens with one attached hydrogen (secondary N) is 1. The number of amides is 1. The van der Waals surface area contributed by atoms with Gasteiger partial charge in [-0.1, -0.05) is 11.6 Å².